The monoisotopic (exact) mass is 348 g/mol. The molecular formula is C18H14Cl2O3. The molecule has 118 valence electrons. The topological polar surface area (TPSA) is 39.4 Å². The predicted octanol–water partition coefficient (Wildman–Crippen LogP) is 5.01. The molecule has 0 bridgehead atoms. The molecule has 3 nitrogen and oxygen atoms in total. The van der Waals surface area contributed by atoms with Crippen LogP contribution in [-0.4, -0.2) is 7.11 Å². The Balaban J connectivity index is 2.10. The number of fused-ring (bicyclic) bond motifs is 1. The zero-order valence-corrected chi connectivity index (χ0v) is 14.2. The van der Waals surface area contributed by atoms with Gasteiger partial charge in [0, 0.05) is 23.4 Å². The minimum absolute atomic E-state index is 0.352. The zero-order chi connectivity index (χ0) is 16.6. The first-order chi connectivity index (χ1) is 11.0. The van der Waals surface area contributed by atoms with Crippen LogP contribution >= 0.6 is 23.2 Å². The molecule has 0 aliphatic carbocycles. The van der Waals surface area contributed by atoms with Gasteiger partial charge in [-0.2, -0.15) is 0 Å². The van der Waals surface area contributed by atoms with Gasteiger partial charge in [-0.15, -0.1) is 0 Å². The highest BCUT2D eigenvalue weighted by molar-refractivity contribution is 6.42. The Hall–Kier alpha value is -1.97. The van der Waals surface area contributed by atoms with Crippen LogP contribution < -0.4 is 10.4 Å². The second-order valence-corrected chi connectivity index (χ2v) is 6.09. The van der Waals surface area contributed by atoms with E-state index >= 15 is 0 Å². The van der Waals surface area contributed by atoms with Gasteiger partial charge in [0.05, 0.1) is 17.2 Å². The summed E-state index contributed by atoms with van der Waals surface area (Å²) in [5, 5.41) is 1.85. The average molecular weight is 349 g/mol. The number of hydrogen-bond donors (Lipinski definition) is 0. The molecule has 0 saturated carbocycles. The molecule has 0 N–H and O–H groups in total. The largest absolute Gasteiger partial charge is 0.497 e. The summed E-state index contributed by atoms with van der Waals surface area (Å²) in [6, 6.07) is 10.8. The second kappa shape index (κ2) is 6.26. The first-order valence-electron chi connectivity index (χ1n) is 7.04. The summed E-state index contributed by atoms with van der Waals surface area (Å²) in [5.41, 5.74) is 2.58. The van der Waals surface area contributed by atoms with Crippen molar-refractivity contribution >= 4 is 34.2 Å². The lowest BCUT2D eigenvalue weighted by molar-refractivity contribution is 0.414. The maximum absolute atomic E-state index is 12.3. The Labute approximate surface area is 143 Å². The van der Waals surface area contributed by atoms with Gasteiger partial charge < -0.3 is 9.15 Å². The molecule has 23 heavy (non-hydrogen) atoms. The van der Waals surface area contributed by atoms with Gasteiger partial charge in [-0.05, 0) is 42.3 Å². The van der Waals surface area contributed by atoms with Crippen molar-refractivity contribution < 1.29 is 9.15 Å². The minimum atomic E-state index is -0.352. The van der Waals surface area contributed by atoms with Crippen LogP contribution in [0.3, 0.4) is 0 Å². The molecule has 0 aliphatic heterocycles. The summed E-state index contributed by atoms with van der Waals surface area (Å²) in [6.07, 6.45) is 0.438. The fourth-order valence-corrected chi connectivity index (χ4v) is 2.88. The number of aryl methyl sites for hydroxylation is 1. The van der Waals surface area contributed by atoms with E-state index in [1.165, 1.54) is 0 Å². The van der Waals surface area contributed by atoms with Crippen LogP contribution in [0.25, 0.3) is 11.0 Å². The highest BCUT2D eigenvalue weighted by Gasteiger charge is 2.13. The Kier molecular flexibility index (Phi) is 4.33. The van der Waals surface area contributed by atoms with Gasteiger partial charge in [0.1, 0.15) is 11.3 Å². The molecule has 0 aliphatic rings. The summed E-state index contributed by atoms with van der Waals surface area (Å²) in [5.74, 6) is 0.650. The lowest BCUT2D eigenvalue weighted by Crippen LogP contribution is -2.11. The van der Waals surface area contributed by atoms with Crippen molar-refractivity contribution in [2.45, 2.75) is 13.3 Å². The SMILES string of the molecule is COc1ccc2c(C)c(Cc3ccc(Cl)c(Cl)c3)c(=O)oc2c1. The van der Waals surface area contributed by atoms with E-state index < -0.39 is 0 Å². The van der Waals surface area contributed by atoms with Crippen LogP contribution in [0.2, 0.25) is 10.0 Å². The molecule has 5 heteroatoms. The summed E-state index contributed by atoms with van der Waals surface area (Å²) in [7, 11) is 1.57. The lowest BCUT2D eigenvalue weighted by Gasteiger charge is -2.09. The van der Waals surface area contributed by atoms with E-state index in [1.807, 2.05) is 25.1 Å². The van der Waals surface area contributed by atoms with Crippen molar-refractivity contribution in [1.29, 1.82) is 0 Å². The normalized spacial score (nSPS) is 11.0. The standard InChI is InChI=1S/C18H14Cl2O3/c1-10-13-5-4-12(22-2)9-17(13)23-18(21)14(10)7-11-3-6-15(19)16(20)8-11/h3-6,8-9H,7H2,1-2H3. The fourth-order valence-electron chi connectivity index (χ4n) is 2.56. The van der Waals surface area contributed by atoms with E-state index in [2.05, 4.69) is 0 Å². The summed E-state index contributed by atoms with van der Waals surface area (Å²) in [4.78, 5) is 12.3. The van der Waals surface area contributed by atoms with Crippen LogP contribution in [0.5, 0.6) is 5.75 Å². The van der Waals surface area contributed by atoms with Crippen LogP contribution in [0.15, 0.2) is 45.6 Å². The van der Waals surface area contributed by atoms with Crippen molar-refractivity contribution in [2.75, 3.05) is 7.11 Å². The summed E-state index contributed by atoms with van der Waals surface area (Å²) < 4.78 is 10.6. The highest BCUT2D eigenvalue weighted by atomic mass is 35.5. The fraction of sp³-hybridized carbons (Fsp3) is 0.167. The third-order valence-corrected chi connectivity index (χ3v) is 4.60. The van der Waals surface area contributed by atoms with Crippen molar-refractivity contribution in [3.63, 3.8) is 0 Å². The number of halogens is 2. The van der Waals surface area contributed by atoms with Crippen molar-refractivity contribution in [3.8, 4) is 5.75 Å². The van der Waals surface area contributed by atoms with E-state index in [9.17, 15) is 4.79 Å². The maximum Gasteiger partial charge on any atom is 0.340 e. The van der Waals surface area contributed by atoms with E-state index in [0.717, 1.165) is 16.5 Å². The molecule has 0 spiro atoms. The van der Waals surface area contributed by atoms with Crippen LogP contribution in [0, 0.1) is 6.92 Å². The van der Waals surface area contributed by atoms with Crippen LogP contribution in [0.1, 0.15) is 16.7 Å². The van der Waals surface area contributed by atoms with Crippen molar-refractivity contribution in [3.05, 3.63) is 73.6 Å². The number of methoxy groups -OCH3 is 1. The molecule has 0 unspecified atom stereocenters. The molecule has 0 fully saturated rings. The molecule has 0 radical (unpaired) electrons. The minimum Gasteiger partial charge on any atom is -0.497 e. The summed E-state index contributed by atoms with van der Waals surface area (Å²) in [6.45, 7) is 1.92. The molecular weight excluding hydrogens is 335 g/mol. The second-order valence-electron chi connectivity index (χ2n) is 5.28. The lowest BCUT2D eigenvalue weighted by atomic mass is 9.99. The van der Waals surface area contributed by atoms with E-state index in [1.54, 1.807) is 25.3 Å². The Morgan fingerprint density at radius 1 is 1.09 bits per heavy atom. The van der Waals surface area contributed by atoms with Gasteiger partial charge in [0.15, 0.2) is 0 Å². The molecule has 0 saturated heterocycles. The van der Waals surface area contributed by atoms with Gasteiger partial charge in [0.2, 0.25) is 0 Å². The third-order valence-electron chi connectivity index (χ3n) is 3.86. The number of benzene rings is 2. The Morgan fingerprint density at radius 2 is 1.87 bits per heavy atom. The third kappa shape index (κ3) is 3.07. The molecule has 3 rings (SSSR count). The Bertz CT molecular complexity index is 945. The number of ether oxygens (including phenoxy) is 1. The van der Waals surface area contributed by atoms with Crippen LogP contribution in [0.4, 0.5) is 0 Å². The number of hydrogen-bond acceptors (Lipinski definition) is 3. The van der Waals surface area contributed by atoms with Gasteiger partial charge in [0.25, 0.3) is 0 Å². The zero-order valence-electron chi connectivity index (χ0n) is 12.7. The molecule has 1 heterocycles. The molecule has 2 aromatic carbocycles. The first-order valence-corrected chi connectivity index (χ1v) is 7.79. The molecule has 0 atom stereocenters. The molecule has 1 aromatic heterocycles. The molecule has 0 amide bonds. The Morgan fingerprint density at radius 3 is 2.57 bits per heavy atom. The average Bonchev–Trinajstić information content (AvgIpc) is 2.54. The van der Waals surface area contributed by atoms with Crippen molar-refractivity contribution in [1.82, 2.24) is 0 Å². The van der Waals surface area contributed by atoms with Gasteiger partial charge in [-0.25, -0.2) is 4.79 Å². The van der Waals surface area contributed by atoms with Gasteiger partial charge >= 0.3 is 5.63 Å². The van der Waals surface area contributed by atoms with E-state index in [-0.39, 0.29) is 5.63 Å². The summed E-state index contributed by atoms with van der Waals surface area (Å²) >= 11 is 12.0. The number of rotatable bonds is 3. The van der Waals surface area contributed by atoms with Crippen LogP contribution in [-0.2, 0) is 6.42 Å². The van der Waals surface area contributed by atoms with Gasteiger partial charge in [-0.3, -0.25) is 0 Å². The molecule has 3 aromatic rings. The first kappa shape index (κ1) is 15.9. The quantitative estimate of drug-likeness (QED) is 0.624. The maximum atomic E-state index is 12.3. The predicted molar refractivity (Wildman–Crippen MR) is 93.0 cm³/mol. The van der Waals surface area contributed by atoms with E-state index in [4.69, 9.17) is 32.4 Å². The highest BCUT2D eigenvalue weighted by Crippen LogP contribution is 2.27. The van der Waals surface area contributed by atoms with Gasteiger partial charge in [-0.1, -0.05) is 29.3 Å². The van der Waals surface area contributed by atoms with E-state index in [0.29, 0.717) is 33.4 Å². The van der Waals surface area contributed by atoms with Crippen molar-refractivity contribution in [2.24, 2.45) is 0 Å². The smallest absolute Gasteiger partial charge is 0.340 e.